The van der Waals surface area contributed by atoms with E-state index >= 15 is 0 Å². The third kappa shape index (κ3) is 6.49. The first-order chi connectivity index (χ1) is 8.60. The van der Waals surface area contributed by atoms with E-state index < -0.39 is 0 Å². The first kappa shape index (κ1) is 17.6. The predicted octanol–water partition coefficient (Wildman–Crippen LogP) is 1.57. The van der Waals surface area contributed by atoms with Gasteiger partial charge in [0.25, 0.3) is 9.76 Å². The molecule has 0 rings (SSSR count). The molecule has 0 aliphatic carbocycles. The predicted molar refractivity (Wildman–Crippen MR) is 69.1 cm³/mol. The number of methoxy groups -OCH3 is 1. The van der Waals surface area contributed by atoms with Crippen molar-refractivity contribution in [3.8, 4) is 0 Å². The van der Waals surface area contributed by atoms with E-state index in [1.54, 1.807) is 6.92 Å². The van der Waals surface area contributed by atoms with Crippen LogP contribution in [-0.4, -0.2) is 48.1 Å². The normalized spacial score (nSPS) is 14.6. The van der Waals surface area contributed by atoms with E-state index in [1.165, 1.54) is 7.11 Å². The van der Waals surface area contributed by atoms with E-state index in [2.05, 4.69) is 0 Å². The molecule has 0 saturated heterocycles. The lowest BCUT2D eigenvalue weighted by Gasteiger charge is -2.23. The first-order valence-corrected chi connectivity index (χ1v) is 7.31. The standard InChI is InChI=1S/C12H24O5Si/c1-6-10(9(4)11(13)14-5)17-18-12(15-7-2)16-8-3/h9-10,12H,6-8H2,1-5H3. The molecule has 0 spiro atoms. The minimum Gasteiger partial charge on any atom is -0.469 e. The van der Waals surface area contributed by atoms with Crippen LogP contribution in [0, 0.1) is 5.92 Å². The van der Waals surface area contributed by atoms with Crippen LogP contribution in [0.25, 0.3) is 0 Å². The minimum atomic E-state index is -0.348. The second kappa shape index (κ2) is 10.5. The molecule has 0 bridgehead atoms. The third-order valence-corrected chi connectivity index (χ3v) is 3.45. The summed E-state index contributed by atoms with van der Waals surface area (Å²) in [5, 5.41) is 0. The van der Waals surface area contributed by atoms with E-state index in [0.29, 0.717) is 13.2 Å². The summed E-state index contributed by atoms with van der Waals surface area (Å²) in [5.41, 5.74) is 0. The molecule has 0 aromatic heterocycles. The van der Waals surface area contributed by atoms with Crippen LogP contribution in [0.15, 0.2) is 0 Å². The van der Waals surface area contributed by atoms with Gasteiger partial charge in [0, 0.05) is 13.2 Å². The third-order valence-electron chi connectivity index (χ3n) is 2.48. The minimum absolute atomic E-state index is 0.0588. The number of hydrogen-bond donors (Lipinski definition) is 0. The Morgan fingerprint density at radius 1 is 1.17 bits per heavy atom. The van der Waals surface area contributed by atoms with Crippen molar-refractivity contribution in [3.63, 3.8) is 0 Å². The Kier molecular flexibility index (Phi) is 10.2. The zero-order valence-corrected chi connectivity index (χ0v) is 12.9. The maximum atomic E-state index is 11.4. The summed E-state index contributed by atoms with van der Waals surface area (Å²) >= 11 is 0. The fourth-order valence-corrected chi connectivity index (χ4v) is 2.56. The maximum Gasteiger partial charge on any atom is 0.310 e. The Hall–Kier alpha value is -0.433. The van der Waals surface area contributed by atoms with Crippen molar-refractivity contribution in [2.24, 2.45) is 5.92 Å². The summed E-state index contributed by atoms with van der Waals surface area (Å²) < 4.78 is 21.2. The average Bonchev–Trinajstić information content (AvgIpc) is 2.38. The summed E-state index contributed by atoms with van der Waals surface area (Å²) in [6.07, 6.45) is 0.577. The summed E-state index contributed by atoms with van der Waals surface area (Å²) in [6, 6.07) is 0. The molecule has 6 heteroatoms. The zero-order valence-electron chi connectivity index (χ0n) is 11.9. The first-order valence-electron chi connectivity index (χ1n) is 6.32. The van der Waals surface area contributed by atoms with Crippen molar-refractivity contribution < 1.29 is 23.4 Å². The fraction of sp³-hybridized carbons (Fsp3) is 0.917. The van der Waals surface area contributed by atoms with Crippen LogP contribution in [0.1, 0.15) is 34.1 Å². The molecule has 0 aliphatic rings. The highest BCUT2D eigenvalue weighted by molar-refractivity contribution is 6.28. The summed E-state index contributed by atoms with van der Waals surface area (Å²) in [6.45, 7) is 8.75. The number of ether oxygens (including phenoxy) is 3. The molecule has 2 unspecified atom stereocenters. The second-order valence-electron chi connectivity index (χ2n) is 3.74. The van der Waals surface area contributed by atoms with Crippen molar-refractivity contribution in [2.45, 2.75) is 46.1 Å². The fourth-order valence-electron chi connectivity index (χ4n) is 1.44. The molecular weight excluding hydrogens is 252 g/mol. The van der Waals surface area contributed by atoms with Gasteiger partial charge in [0.05, 0.1) is 19.1 Å². The highest BCUT2D eigenvalue weighted by Crippen LogP contribution is 2.13. The van der Waals surface area contributed by atoms with Crippen LogP contribution in [0.2, 0.25) is 0 Å². The van der Waals surface area contributed by atoms with Gasteiger partial charge < -0.3 is 18.6 Å². The summed E-state index contributed by atoms with van der Waals surface area (Å²) in [7, 11) is 1.44. The topological polar surface area (TPSA) is 54.0 Å². The van der Waals surface area contributed by atoms with Gasteiger partial charge in [-0.05, 0) is 27.2 Å². The maximum absolute atomic E-state index is 11.4. The van der Waals surface area contributed by atoms with Gasteiger partial charge in [-0.25, -0.2) is 0 Å². The van der Waals surface area contributed by atoms with Gasteiger partial charge in [-0.15, -0.1) is 0 Å². The Bertz CT molecular complexity index is 219. The molecule has 0 heterocycles. The van der Waals surface area contributed by atoms with Crippen LogP contribution in [0.3, 0.4) is 0 Å². The number of rotatable bonds is 10. The van der Waals surface area contributed by atoms with Gasteiger partial charge >= 0.3 is 5.97 Å². The van der Waals surface area contributed by atoms with Gasteiger partial charge in [-0.2, -0.15) is 0 Å². The second-order valence-corrected chi connectivity index (χ2v) is 4.68. The summed E-state index contributed by atoms with van der Waals surface area (Å²) in [5.74, 6) is -0.883. The average molecular weight is 276 g/mol. The molecule has 0 fully saturated rings. The van der Waals surface area contributed by atoms with E-state index in [9.17, 15) is 4.79 Å². The van der Waals surface area contributed by atoms with Gasteiger partial charge in [0.2, 0.25) is 0 Å². The largest absolute Gasteiger partial charge is 0.469 e. The molecule has 106 valence electrons. The molecule has 0 aliphatic heterocycles. The highest BCUT2D eigenvalue weighted by atomic mass is 28.2. The SMILES string of the molecule is CCOC(OCC)[Si]OC(CC)C(C)C(=O)OC. The Morgan fingerprint density at radius 2 is 1.72 bits per heavy atom. The van der Waals surface area contributed by atoms with Crippen molar-refractivity contribution in [1.29, 1.82) is 0 Å². The number of esters is 1. The lowest BCUT2D eigenvalue weighted by molar-refractivity contribution is -0.148. The molecule has 0 aromatic rings. The van der Waals surface area contributed by atoms with Crippen molar-refractivity contribution in [1.82, 2.24) is 0 Å². The van der Waals surface area contributed by atoms with Crippen LogP contribution < -0.4 is 0 Å². The number of hydrogen-bond acceptors (Lipinski definition) is 5. The highest BCUT2D eigenvalue weighted by Gasteiger charge is 2.25. The molecule has 0 N–H and O–H groups in total. The Morgan fingerprint density at radius 3 is 2.11 bits per heavy atom. The van der Waals surface area contributed by atoms with Crippen LogP contribution in [0.5, 0.6) is 0 Å². The quantitative estimate of drug-likeness (QED) is 0.344. The molecule has 0 amide bonds. The molecule has 2 radical (unpaired) electrons. The van der Waals surface area contributed by atoms with Gasteiger partial charge in [-0.3, -0.25) is 4.79 Å². The smallest absolute Gasteiger partial charge is 0.310 e. The summed E-state index contributed by atoms with van der Waals surface area (Å²) in [4.78, 5) is 11.4. The van der Waals surface area contributed by atoms with Crippen LogP contribution in [0.4, 0.5) is 0 Å². The van der Waals surface area contributed by atoms with Gasteiger partial charge in [0.1, 0.15) is 0 Å². The Labute approximate surface area is 112 Å². The molecule has 0 aromatic carbocycles. The number of carbonyl (C=O) groups is 1. The van der Waals surface area contributed by atoms with Crippen molar-refractivity contribution >= 4 is 15.7 Å². The molecule has 2 atom stereocenters. The van der Waals surface area contributed by atoms with Gasteiger partial charge in [0.15, 0.2) is 5.91 Å². The zero-order chi connectivity index (χ0) is 14.0. The van der Waals surface area contributed by atoms with Crippen LogP contribution >= 0.6 is 0 Å². The van der Waals surface area contributed by atoms with E-state index in [1.807, 2.05) is 20.8 Å². The molecule has 0 saturated carbocycles. The van der Waals surface area contributed by atoms with E-state index in [-0.39, 0.29) is 33.7 Å². The monoisotopic (exact) mass is 276 g/mol. The van der Waals surface area contributed by atoms with E-state index in [4.69, 9.17) is 18.6 Å². The number of carbonyl (C=O) groups excluding carboxylic acids is 1. The van der Waals surface area contributed by atoms with E-state index in [0.717, 1.165) is 6.42 Å². The van der Waals surface area contributed by atoms with Crippen molar-refractivity contribution in [3.05, 3.63) is 0 Å². The molecule has 5 nitrogen and oxygen atoms in total. The van der Waals surface area contributed by atoms with Crippen molar-refractivity contribution in [2.75, 3.05) is 20.3 Å². The lowest BCUT2D eigenvalue weighted by Crippen LogP contribution is -2.35. The lowest BCUT2D eigenvalue weighted by atomic mass is 10.0. The van der Waals surface area contributed by atoms with Gasteiger partial charge in [-0.1, -0.05) is 6.92 Å². The molecule has 18 heavy (non-hydrogen) atoms. The van der Waals surface area contributed by atoms with Crippen LogP contribution in [-0.2, 0) is 23.4 Å². The molecular formula is C12H24O5Si. The Balaban J connectivity index is 4.22.